The summed E-state index contributed by atoms with van der Waals surface area (Å²) in [5.74, 6) is 2.78. The Morgan fingerprint density at radius 2 is 1.59 bits per heavy atom. The molecule has 2 nitrogen and oxygen atoms in total. The lowest BCUT2D eigenvalue weighted by atomic mass is 10.0. The SMILES string of the molecule is C(=Cc1cccc2ccccc12)c1nc2ccc(Oc3ccccc3)cc2c2c1CCS2. The van der Waals surface area contributed by atoms with Gasteiger partial charge in [-0.3, -0.25) is 0 Å². The van der Waals surface area contributed by atoms with Crippen molar-refractivity contribution in [2.75, 3.05) is 5.75 Å². The van der Waals surface area contributed by atoms with Gasteiger partial charge in [0, 0.05) is 16.0 Å². The number of thioether (sulfide) groups is 1. The summed E-state index contributed by atoms with van der Waals surface area (Å²) >= 11 is 1.92. The summed E-state index contributed by atoms with van der Waals surface area (Å²) < 4.78 is 6.07. The minimum atomic E-state index is 0.846. The van der Waals surface area contributed by atoms with Gasteiger partial charge in [-0.2, -0.15) is 0 Å². The van der Waals surface area contributed by atoms with Crippen molar-refractivity contribution in [2.45, 2.75) is 11.3 Å². The lowest BCUT2D eigenvalue weighted by molar-refractivity contribution is 0.483. The zero-order valence-electron chi connectivity index (χ0n) is 17.5. The summed E-state index contributed by atoms with van der Waals surface area (Å²) in [6, 6.07) is 31.1. The maximum Gasteiger partial charge on any atom is 0.128 e. The molecule has 0 radical (unpaired) electrons. The molecule has 1 aliphatic rings. The Kier molecular flexibility index (Phi) is 4.89. The highest BCUT2D eigenvalue weighted by Crippen LogP contribution is 2.40. The van der Waals surface area contributed by atoms with E-state index in [4.69, 9.17) is 9.72 Å². The van der Waals surface area contributed by atoms with Crippen molar-refractivity contribution < 1.29 is 4.74 Å². The first-order valence-corrected chi connectivity index (χ1v) is 11.8. The number of fused-ring (bicyclic) bond motifs is 4. The van der Waals surface area contributed by atoms with Crippen LogP contribution in [0.3, 0.4) is 0 Å². The number of para-hydroxylation sites is 1. The molecule has 4 aromatic carbocycles. The Balaban J connectivity index is 1.40. The van der Waals surface area contributed by atoms with Crippen molar-refractivity contribution >= 4 is 45.6 Å². The summed E-state index contributed by atoms with van der Waals surface area (Å²) in [5, 5.41) is 3.70. The number of ether oxygens (including phenoxy) is 1. The van der Waals surface area contributed by atoms with E-state index >= 15 is 0 Å². The maximum atomic E-state index is 6.07. The molecule has 0 saturated heterocycles. The van der Waals surface area contributed by atoms with E-state index in [-0.39, 0.29) is 0 Å². The molecule has 3 heteroatoms. The average Bonchev–Trinajstić information content (AvgIpc) is 3.34. The summed E-state index contributed by atoms with van der Waals surface area (Å²) in [6.45, 7) is 0. The molecule has 0 spiro atoms. The molecule has 32 heavy (non-hydrogen) atoms. The summed E-state index contributed by atoms with van der Waals surface area (Å²) in [5.41, 5.74) is 4.64. The van der Waals surface area contributed by atoms with Crippen LogP contribution in [0.4, 0.5) is 0 Å². The second-order valence-electron chi connectivity index (χ2n) is 7.90. The first kappa shape index (κ1) is 19.1. The highest BCUT2D eigenvalue weighted by molar-refractivity contribution is 7.99. The van der Waals surface area contributed by atoms with Gasteiger partial charge in [-0.05, 0) is 64.7 Å². The number of hydrogen-bond acceptors (Lipinski definition) is 3. The Hall–Kier alpha value is -3.56. The predicted octanol–water partition coefficient (Wildman–Crippen LogP) is 8.00. The van der Waals surface area contributed by atoms with Gasteiger partial charge in [0.25, 0.3) is 0 Å². The quantitative estimate of drug-likeness (QED) is 0.288. The van der Waals surface area contributed by atoms with E-state index in [1.807, 2.05) is 48.2 Å². The lowest BCUT2D eigenvalue weighted by Crippen LogP contribution is -1.94. The van der Waals surface area contributed by atoms with Crippen LogP contribution in [-0.4, -0.2) is 10.7 Å². The highest BCUT2D eigenvalue weighted by atomic mass is 32.2. The van der Waals surface area contributed by atoms with Crippen molar-refractivity contribution in [3.8, 4) is 11.5 Å². The number of nitrogens with zero attached hydrogens (tertiary/aromatic N) is 1. The zero-order chi connectivity index (χ0) is 21.3. The second kappa shape index (κ2) is 8.18. The van der Waals surface area contributed by atoms with E-state index in [0.717, 1.165) is 34.9 Å². The van der Waals surface area contributed by atoms with Gasteiger partial charge in [0.15, 0.2) is 0 Å². The summed E-state index contributed by atoms with van der Waals surface area (Å²) in [7, 11) is 0. The number of rotatable bonds is 4. The molecule has 154 valence electrons. The molecule has 0 fully saturated rings. The van der Waals surface area contributed by atoms with Crippen LogP contribution in [0.25, 0.3) is 33.8 Å². The largest absolute Gasteiger partial charge is 0.457 e. The molecule has 1 aliphatic heterocycles. The Labute approximate surface area is 191 Å². The van der Waals surface area contributed by atoms with Crippen LogP contribution in [0.1, 0.15) is 16.8 Å². The molecule has 0 saturated carbocycles. The molecule has 1 aromatic heterocycles. The monoisotopic (exact) mass is 431 g/mol. The van der Waals surface area contributed by atoms with Gasteiger partial charge in [0.1, 0.15) is 11.5 Å². The fourth-order valence-corrected chi connectivity index (χ4v) is 5.53. The van der Waals surface area contributed by atoms with Crippen molar-refractivity contribution in [1.82, 2.24) is 4.98 Å². The molecule has 0 N–H and O–H groups in total. The van der Waals surface area contributed by atoms with E-state index < -0.39 is 0 Å². The van der Waals surface area contributed by atoms with Crippen molar-refractivity contribution in [3.05, 3.63) is 108 Å². The predicted molar refractivity (Wildman–Crippen MR) is 136 cm³/mol. The first-order chi connectivity index (χ1) is 15.8. The molecule has 0 amide bonds. The van der Waals surface area contributed by atoms with E-state index in [1.165, 1.54) is 32.2 Å². The van der Waals surface area contributed by atoms with Crippen molar-refractivity contribution in [1.29, 1.82) is 0 Å². The van der Waals surface area contributed by atoms with Crippen molar-refractivity contribution in [3.63, 3.8) is 0 Å². The molecule has 0 aliphatic carbocycles. The zero-order valence-corrected chi connectivity index (χ0v) is 18.3. The first-order valence-electron chi connectivity index (χ1n) is 10.8. The van der Waals surface area contributed by atoms with E-state index in [9.17, 15) is 0 Å². The van der Waals surface area contributed by atoms with Crippen LogP contribution in [-0.2, 0) is 6.42 Å². The van der Waals surface area contributed by atoms with Crippen LogP contribution in [0.5, 0.6) is 11.5 Å². The van der Waals surface area contributed by atoms with E-state index in [0.29, 0.717) is 0 Å². The minimum Gasteiger partial charge on any atom is -0.457 e. The van der Waals surface area contributed by atoms with E-state index in [1.54, 1.807) is 0 Å². The van der Waals surface area contributed by atoms with Gasteiger partial charge in [0.05, 0.1) is 11.2 Å². The molecule has 0 bridgehead atoms. The summed E-state index contributed by atoms with van der Waals surface area (Å²) in [4.78, 5) is 6.37. The smallest absolute Gasteiger partial charge is 0.128 e. The Morgan fingerprint density at radius 1 is 0.750 bits per heavy atom. The fourth-order valence-electron chi connectivity index (χ4n) is 4.32. The lowest BCUT2D eigenvalue weighted by Gasteiger charge is -2.11. The van der Waals surface area contributed by atoms with Crippen LogP contribution in [0.2, 0.25) is 0 Å². The van der Waals surface area contributed by atoms with Gasteiger partial charge < -0.3 is 4.74 Å². The fraction of sp³-hybridized carbons (Fsp3) is 0.0690. The third-order valence-corrected chi connectivity index (χ3v) is 7.02. The number of pyridine rings is 1. The number of benzene rings is 4. The Bertz CT molecular complexity index is 1470. The number of hydrogen-bond donors (Lipinski definition) is 0. The van der Waals surface area contributed by atoms with E-state index in [2.05, 4.69) is 66.7 Å². The number of aromatic nitrogens is 1. The van der Waals surface area contributed by atoms with Crippen LogP contribution in [0, 0.1) is 0 Å². The van der Waals surface area contributed by atoms with Crippen LogP contribution in [0.15, 0.2) is 95.9 Å². The second-order valence-corrected chi connectivity index (χ2v) is 9.00. The van der Waals surface area contributed by atoms with Gasteiger partial charge in [-0.15, -0.1) is 11.8 Å². The van der Waals surface area contributed by atoms with Gasteiger partial charge in [-0.1, -0.05) is 66.7 Å². The third-order valence-electron chi connectivity index (χ3n) is 5.86. The summed E-state index contributed by atoms with van der Waals surface area (Å²) in [6.07, 6.45) is 5.43. The standard InChI is InChI=1S/C29H21NOS/c1-2-10-22(11-3-1)31-23-14-16-28-26(19-23)29-25(17-18-32-29)27(30-28)15-13-21-9-6-8-20-7-4-5-12-24(20)21/h1-16,19H,17-18H2. The maximum absolute atomic E-state index is 6.07. The highest BCUT2D eigenvalue weighted by Gasteiger charge is 2.20. The molecule has 0 atom stereocenters. The van der Waals surface area contributed by atoms with Gasteiger partial charge in [-0.25, -0.2) is 4.98 Å². The topological polar surface area (TPSA) is 22.1 Å². The molecule has 5 aromatic rings. The molecule has 2 heterocycles. The third kappa shape index (κ3) is 3.55. The molecular formula is C29H21NOS. The molecule has 6 rings (SSSR count). The van der Waals surface area contributed by atoms with Gasteiger partial charge >= 0.3 is 0 Å². The van der Waals surface area contributed by atoms with Crippen LogP contribution >= 0.6 is 11.8 Å². The molecular weight excluding hydrogens is 410 g/mol. The normalized spacial score (nSPS) is 13.1. The van der Waals surface area contributed by atoms with Gasteiger partial charge in [0.2, 0.25) is 0 Å². The Morgan fingerprint density at radius 3 is 2.53 bits per heavy atom. The van der Waals surface area contributed by atoms with Crippen LogP contribution < -0.4 is 4.74 Å². The minimum absolute atomic E-state index is 0.846. The average molecular weight is 432 g/mol. The molecule has 0 unspecified atom stereocenters. The van der Waals surface area contributed by atoms with Crippen molar-refractivity contribution in [2.24, 2.45) is 0 Å².